The largest absolute Gasteiger partial charge is 0.382 e. The van der Waals surface area contributed by atoms with Gasteiger partial charge in [0.1, 0.15) is 18.8 Å². The highest BCUT2D eigenvalue weighted by molar-refractivity contribution is 8.30. The zero-order chi connectivity index (χ0) is 19.3. The predicted molar refractivity (Wildman–Crippen MR) is 108 cm³/mol. The van der Waals surface area contributed by atoms with Crippen LogP contribution in [0.3, 0.4) is 0 Å². The van der Waals surface area contributed by atoms with E-state index in [4.69, 9.17) is 25.1 Å². The summed E-state index contributed by atoms with van der Waals surface area (Å²) in [5, 5.41) is 7.86. The fraction of sp³-hybridized carbons (Fsp3) is 0.667. The number of rotatable bonds is 9. The van der Waals surface area contributed by atoms with Gasteiger partial charge in [-0.1, -0.05) is 38.0 Å². The molecule has 2 rings (SSSR count). The molecule has 1 aromatic rings. The first kappa shape index (κ1) is 21.0. The van der Waals surface area contributed by atoms with Crippen LogP contribution in [0.5, 0.6) is 0 Å². The van der Waals surface area contributed by atoms with Crippen LogP contribution in [0.1, 0.15) is 58.0 Å². The molecule has 0 aliphatic carbocycles. The third-order valence-electron chi connectivity index (χ3n) is 4.96. The van der Waals surface area contributed by atoms with Gasteiger partial charge in [-0.2, -0.15) is 4.33 Å². The highest BCUT2D eigenvalue weighted by atomic mass is 32.3. The van der Waals surface area contributed by atoms with Crippen LogP contribution in [0.2, 0.25) is 0 Å². The Morgan fingerprint density at radius 1 is 1.38 bits per heavy atom. The van der Waals surface area contributed by atoms with Crippen LogP contribution in [0, 0.1) is 5.41 Å². The number of nitrogens with zero attached hydrogens (tertiary/aromatic N) is 1. The Bertz CT molecular complexity index is 622. The molecule has 1 aliphatic heterocycles. The normalized spacial score (nSPS) is 22.3. The summed E-state index contributed by atoms with van der Waals surface area (Å²) in [5.74, 6) is 0.294. The fourth-order valence-corrected chi connectivity index (χ4v) is 4.52. The first-order chi connectivity index (χ1) is 12.3. The number of nitrogens with one attached hydrogen (secondary N) is 2. The Kier molecular flexibility index (Phi) is 7.28. The molecule has 1 aromatic heterocycles. The van der Waals surface area contributed by atoms with Gasteiger partial charge in [-0.15, -0.1) is 0 Å². The molecule has 2 atom stereocenters. The minimum absolute atomic E-state index is 0.0148. The van der Waals surface area contributed by atoms with E-state index in [0.29, 0.717) is 28.6 Å². The molecule has 1 aliphatic rings. The van der Waals surface area contributed by atoms with Gasteiger partial charge in [0.15, 0.2) is 0 Å². The van der Waals surface area contributed by atoms with Gasteiger partial charge in [0.2, 0.25) is 0 Å². The van der Waals surface area contributed by atoms with Gasteiger partial charge in [0, 0.05) is 16.2 Å². The van der Waals surface area contributed by atoms with E-state index in [-0.39, 0.29) is 12.2 Å². The minimum Gasteiger partial charge on any atom is -0.382 e. The van der Waals surface area contributed by atoms with Crippen molar-refractivity contribution >= 4 is 22.5 Å². The third kappa shape index (κ3) is 4.88. The molecule has 0 saturated carbocycles. The van der Waals surface area contributed by atoms with Crippen LogP contribution in [-0.4, -0.2) is 46.6 Å². The average Bonchev–Trinajstić information content (AvgIpc) is 3.23. The number of amidine groups is 1. The SMILES string of the molecule is CC(C)S(C)(OOCC1CCC(c2ccc(C(N)=NC=N)[nH]2)O1)C(C)C. The number of nitrogens with two attached hydrogens (primary N) is 1. The van der Waals surface area contributed by atoms with Gasteiger partial charge in [0.05, 0.1) is 17.9 Å². The second-order valence-corrected chi connectivity index (χ2v) is 11.2. The fourth-order valence-electron chi connectivity index (χ4n) is 2.85. The van der Waals surface area contributed by atoms with Crippen molar-refractivity contribution in [2.75, 3.05) is 12.9 Å². The van der Waals surface area contributed by atoms with Crippen LogP contribution < -0.4 is 5.73 Å². The van der Waals surface area contributed by atoms with Crippen LogP contribution in [0.25, 0.3) is 0 Å². The summed E-state index contributed by atoms with van der Waals surface area (Å²) < 4.78 is 11.9. The third-order valence-corrected chi connectivity index (χ3v) is 9.10. The van der Waals surface area contributed by atoms with Crippen molar-refractivity contribution in [3.63, 3.8) is 0 Å². The quantitative estimate of drug-likeness (QED) is 0.261. The van der Waals surface area contributed by atoms with Crippen molar-refractivity contribution in [3.05, 3.63) is 23.5 Å². The molecule has 1 saturated heterocycles. The summed E-state index contributed by atoms with van der Waals surface area (Å²) in [6, 6.07) is 3.80. The van der Waals surface area contributed by atoms with Crippen LogP contribution in [-0.2, 0) is 14.0 Å². The lowest BCUT2D eigenvalue weighted by atomic mass is 10.1. The highest BCUT2D eigenvalue weighted by Gasteiger charge is 2.31. The highest BCUT2D eigenvalue weighted by Crippen LogP contribution is 2.54. The number of aromatic amines is 1. The van der Waals surface area contributed by atoms with Crippen LogP contribution in [0.4, 0.5) is 0 Å². The monoisotopic (exact) mass is 384 g/mol. The molecule has 0 radical (unpaired) electrons. The van der Waals surface area contributed by atoms with E-state index >= 15 is 0 Å². The lowest BCUT2D eigenvalue weighted by molar-refractivity contribution is -0.219. The van der Waals surface area contributed by atoms with Crippen molar-refractivity contribution in [1.82, 2.24) is 4.98 Å². The molecule has 0 amide bonds. The van der Waals surface area contributed by atoms with Gasteiger partial charge >= 0.3 is 0 Å². The molecular weight excluding hydrogens is 352 g/mol. The van der Waals surface area contributed by atoms with Crippen LogP contribution in [0.15, 0.2) is 17.1 Å². The maximum absolute atomic E-state index is 6.99. The van der Waals surface area contributed by atoms with Crippen molar-refractivity contribution in [3.8, 4) is 0 Å². The zero-order valence-corrected chi connectivity index (χ0v) is 17.1. The molecule has 2 heterocycles. The van der Waals surface area contributed by atoms with Gasteiger partial charge in [-0.05, 0) is 31.2 Å². The van der Waals surface area contributed by atoms with E-state index < -0.39 is 10.3 Å². The molecule has 0 bridgehead atoms. The van der Waals surface area contributed by atoms with E-state index in [1.54, 1.807) is 0 Å². The Balaban J connectivity index is 1.85. The smallest absolute Gasteiger partial charge is 0.148 e. The first-order valence-electron chi connectivity index (χ1n) is 9.02. The van der Waals surface area contributed by atoms with E-state index in [1.165, 1.54) is 0 Å². The molecule has 148 valence electrons. The Morgan fingerprint density at radius 3 is 2.69 bits per heavy atom. The van der Waals surface area contributed by atoms with E-state index in [9.17, 15) is 0 Å². The van der Waals surface area contributed by atoms with E-state index in [2.05, 4.69) is 43.9 Å². The number of aliphatic imine (C=N–C) groups is 1. The number of hydrogen-bond donors (Lipinski definition) is 3. The maximum Gasteiger partial charge on any atom is 0.148 e. The summed E-state index contributed by atoms with van der Waals surface area (Å²) in [6.45, 7) is 9.14. The Labute approximate surface area is 157 Å². The van der Waals surface area contributed by atoms with Gasteiger partial charge in [0.25, 0.3) is 0 Å². The topological polar surface area (TPSA) is 106 Å². The standard InChI is InChI=1S/C18H32N4O3S/c1-12(2)26(5,13(3)4)25-23-10-14-6-9-17(24-14)15-7-8-16(22-15)18(20)21-11-19/h7-8,11-14,17,22H,6,9-10H2,1-5H3,(H3,19,20,21). The minimum atomic E-state index is -1.27. The Hall–Kier alpha value is -1.35. The van der Waals surface area contributed by atoms with Crippen molar-refractivity contribution in [1.29, 1.82) is 5.41 Å². The van der Waals surface area contributed by atoms with Crippen molar-refractivity contribution < 1.29 is 14.0 Å². The van der Waals surface area contributed by atoms with Gasteiger partial charge in [-0.3, -0.25) is 5.41 Å². The second kappa shape index (κ2) is 9.03. The number of H-pyrrole nitrogens is 1. The molecule has 26 heavy (non-hydrogen) atoms. The lowest BCUT2D eigenvalue weighted by Gasteiger charge is -2.41. The van der Waals surface area contributed by atoms with Gasteiger partial charge < -0.3 is 15.5 Å². The maximum atomic E-state index is 6.99. The summed E-state index contributed by atoms with van der Waals surface area (Å²) in [7, 11) is -1.27. The van der Waals surface area contributed by atoms with E-state index in [1.807, 2.05) is 12.1 Å². The van der Waals surface area contributed by atoms with Crippen molar-refractivity contribution in [2.24, 2.45) is 10.7 Å². The number of aromatic nitrogens is 1. The number of hydrogen-bond acceptors (Lipinski definition) is 4. The molecule has 8 heteroatoms. The molecule has 7 nitrogen and oxygen atoms in total. The first-order valence-corrected chi connectivity index (χ1v) is 11.1. The predicted octanol–water partition coefficient (Wildman–Crippen LogP) is 3.66. The van der Waals surface area contributed by atoms with Gasteiger partial charge in [-0.25, -0.2) is 9.88 Å². The summed E-state index contributed by atoms with van der Waals surface area (Å²) in [5.41, 5.74) is 7.45. The molecule has 0 aromatic carbocycles. The lowest BCUT2D eigenvalue weighted by Crippen LogP contribution is -2.24. The Morgan fingerprint density at radius 2 is 2.08 bits per heavy atom. The summed E-state index contributed by atoms with van der Waals surface area (Å²) in [4.78, 5) is 12.6. The molecule has 4 N–H and O–H groups in total. The molecule has 1 fully saturated rings. The molecule has 0 spiro atoms. The summed E-state index contributed by atoms with van der Waals surface area (Å²) >= 11 is 0. The zero-order valence-electron chi connectivity index (χ0n) is 16.3. The average molecular weight is 385 g/mol. The van der Waals surface area contributed by atoms with Crippen LogP contribution >= 0.6 is 10.3 Å². The van der Waals surface area contributed by atoms with Crippen molar-refractivity contribution in [2.45, 2.75) is 63.2 Å². The van der Waals surface area contributed by atoms with E-state index in [0.717, 1.165) is 24.9 Å². The number of ether oxygens (including phenoxy) is 1. The second-order valence-electron chi connectivity index (χ2n) is 7.21. The molecule has 2 unspecified atom stereocenters. The summed E-state index contributed by atoms with van der Waals surface area (Å²) in [6.07, 6.45) is 4.93. The molecular formula is C18H32N4O3S.